The second-order valence-corrected chi connectivity index (χ2v) is 6.60. The molecule has 1 heterocycles. The maximum atomic E-state index is 12.3. The van der Waals surface area contributed by atoms with Crippen molar-refractivity contribution < 1.29 is 9.53 Å². The SMILES string of the molecule is CCc1cccc2sc(=NC(=O)Cc3ccc(OC)cc3)n(C)c12. The van der Waals surface area contributed by atoms with E-state index in [-0.39, 0.29) is 5.91 Å². The van der Waals surface area contributed by atoms with Crippen molar-refractivity contribution in [3.05, 3.63) is 58.4 Å². The summed E-state index contributed by atoms with van der Waals surface area (Å²) in [6.07, 6.45) is 1.25. The van der Waals surface area contributed by atoms with E-state index in [9.17, 15) is 4.79 Å². The van der Waals surface area contributed by atoms with Gasteiger partial charge in [-0.2, -0.15) is 4.99 Å². The molecule has 0 N–H and O–H groups in total. The highest BCUT2D eigenvalue weighted by Gasteiger charge is 2.08. The maximum Gasteiger partial charge on any atom is 0.252 e. The smallest absolute Gasteiger partial charge is 0.252 e. The van der Waals surface area contributed by atoms with Crippen LogP contribution in [0.15, 0.2) is 47.5 Å². The lowest BCUT2D eigenvalue weighted by Gasteiger charge is -2.02. The summed E-state index contributed by atoms with van der Waals surface area (Å²) >= 11 is 1.55. The van der Waals surface area contributed by atoms with Gasteiger partial charge >= 0.3 is 0 Å². The van der Waals surface area contributed by atoms with Crippen LogP contribution < -0.4 is 9.54 Å². The number of hydrogen-bond donors (Lipinski definition) is 0. The molecule has 1 aromatic heterocycles. The third-order valence-electron chi connectivity index (χ3n) is 4.02. The molecule has 0 unspecified atom stereocenters. The second kappa shape index (κ2) is 7.01. The van der Waals surface area contributed by atoms with Crippen LogP contribution in [-0.4, -0.2) is 17.6 Å². The van der Waals surface area contributed by atoms with E-state index in [4.69, 9.17) is 4.74 Å². The fourth-order valence-corrected chi connectivity index (χ4v) is 3.82. The average molecular weight is 340 g/mol. The summed E-state index contributed by atoms with van der Waals surface area (Å²) in [5, 5.41) is 0. The molecule has 0 atom stereocenters. The van der Waals surface area contributed by atoms with E-state index < -0.39 is 0 Å². The summed E-state index contributed by atoms with van der Waals surface area (Å²) < 4.78 is 8.31. The maximum absolute atomic E-state index is 12.3. The Morgan fingerprint density at radius 1 is 1.21 bits per heavy atom. The Balaban J connectivity index is 1.91. The van der Waals surface area contributed by atoms with Gasteiger partial charge in [0.25, 0.3) is 5.91 Å². The van der Waals surface area contributed by atoms with Gasteiger partial charge in [-0.25, -0.2) is 0 Å². The van der Waals surface area contributed by atoms with Gasteiger partial charge in [0.15, 0.2) is 4.80 Å². The Morgan fingerprint density at radius 3 is 2.62 bits per heavy atom. The zero-order chi connectivity index (χ0) is 17.1. The third-order valence-corrected chi connectivity index (χ3v) is 5.12. The van der Waals surface area contributed by atoms with Crippen molar-refractivity contribution in [1.82, 2.24) is 4.57 Å². The minimum atomic E-state index is -0.139. The second-order valence-electron chi connectivity index (χ2n) is 5.59. The van der Waals surface area contributed by atoms with Crippen LogP contribution in [0.4, 0.5) is 0 Å². The van der Waals surface area contributed by atoms with Crippen LogP contribution in [0.3, 0.4) is 0 Å². The first-order valence-corrected chi connectivity index (χ1v) is 8.72. The average Bonchev–Trinajstić information content (AvgIpc) is 2.91. The van der Waals surface area contributed by atoms with E-state index in [1.165, 1.54) is 11.1 Å². The number of rotatable bonds is 4. The summed E-state index contributed by atoms with van der Waals surface area (Å²) in [7, 11) is 3.60. The number of carbonyl (C=O) groups excluding carboxylic acids is 1. The Kier molecular flexibility index (Phi) is 4.81. The molecular weight excluding hydrogens is 320 g/mol. The molecule has 0 aliphatic heterocycles. The highest BCUT2D eigenvalue weighted by molar-refractivity contribution is 7.16. The summed E-state index contributed by atoms with van der Waals surface area (Å²) in [6.45, 7) is 2.14. The molecule has 24 heavy (non-hydrogen) atoms. The Hall–Kier alpha value is -2.40. The van der Waals surface area contributed by atoms with E-state index in [0.717, 1.165) is 27.2 Å². The number of para-hydroxylation sites is 1. The monoisotopic (exact) mass is 340 g/mol. The Bertz CT molecular complexity index is 936. The number of hydrogen-bond acceptors (Lipinski definition) is 3. The first-order chi connectivity index (χ1) is 11.6. The van der Waals surface area contributed by atoms with Gasteiger partial charge in [0.2, 0.25) is 0 Å². The molecule has 0 aliphatic carbocycles. The van der Waals surface area contributed by atoms with Crippen LogP contribution in [0, 0.1) is 0 Å². The van der Waals surface area contributed by atoms with E-state index >= 15 is 0 Å². The molecule has 124 valence electrons. The Morgan fingerprint density at radius 2 is 1.96 bits per heavy atom. The number of amides is 1. The molecule has 0 fully saturated rings. The van der Waals surface area contributed by atoms with E-state index in [1.807, 2.05) is 35.9 Å². The van der Waals surface area contributed by atoms with Gasteiger partial charge in [-0.05, 0) is 35.7 Å². The van der Waals surface area contributed by atoms with Crippen molar-refractivity contribution in [3.8, 4) is 5.75 Å². The van der Waals surface area contributed by atoms with Gasteiger partial charge < -0.3 is 9.30 Å². The molecule has 3 aromatic rings. The highest BCUT2D eigenvalue weighted by Crippen LogP contribution is 2.21. The minimum absolute atomic E-state index is 0.139. The summed E-state index contributed by atoms with van der Waals surface area (Å²) in [4.78, 5) is 17.4. The normalized spacial score (nSPS) is 11.9. The first kappa shape index (κ1) is 16.5. The van der Waals surface area contributed by atoms with Gasteiger partial charge in [-0.3, -0.25) is 4.79 Å². The molecule has 0 saturated heterocycles. The van der Waals surface area contributed by atoms with E-state index in [0.29, 0.717) is 6.42 Å². The molecule has 2 aromatic carbocycles. The van der Waals surface area contributed by atoms with Crippen molar-refractivity contribution >= 4 is 27.5 Å². The number of carbonyl (C=O) groups is 1. The standard InChI is InChI=1S/C19H20N2O2S/c1-4-14-6-5-7-16-18(14)21(2)19(24-16)20-17(22)12-13-8-10-15(23-3)11-9-13/h5-11H,4,12H2,1-3H3. The summed E-state index contributed by atoms with van der Waals surface area (Å²) in [5.41, 5.74) is 3.37. The molecular formula is C19H20N2O2S. The number of fused-ring (bicyclic) bond motifs is 1. The zero-order valence-corrected chi connectivity index (χ0v) is 14.9. The van der Waals surface area contributed by atoms with Gasteiger partial charge in [0, 0.05) is 7.05 Å². The number of aryl methyl sites for hydroxylation is 2. The fraction of sp³-hybridized carbons (Fsp3) is 0.263. The van der Waals surface area contributed by atoms with Crippen molar-refractivity contribution in [2.45, 2.75) is 19.8 Å². The topological polar surface area (TPSA) is 43.6 Å². The van der Waals surface area contributed by atoms with Crippen molar-refractivity contribution in [2.75, 3.05) is 7.11 Å². The lowest BCUT2D eigenvalue weighted by Crippen LogP contribution is -2.14. The summed E-state index contributed by atoms with van der Waals surface area (Å²) in [6, 6.07) is 13.8. The number of aromatic nitrogens is 1. The van der Waals surface area contributed by atoms with Crippen molar-refractivity contribution in [1.29, 1.82) is 0 Å². The van der Waals surface area contributed by atoms with E-state index in [2.05, 4.69) is 30.1 Å². The molecule has 5 heteroatoms. The van der Waals surface area contributed by atoms with Crippen LogP contribution in [0.2, 0.25) is 0 Å². The van der Waals surface area contributed by atoms with Crippen molar-refractivity contribution in [3.63, 3.8) is 0 Å². The molecule has 0 spiro atoms. The molecule has 0 saturated carbocycles. The molecule has 3 rings (SSSR count). The molecule has 0 bridgehead atoms. The van der Waals surface area contributed by atoms with Crippen LogP contribution in [0.5, 0.6) is 5.75 Å². The molecule has 4 nitrogen and oxygen atoms in total. The summed E-state index contributed by atoms with van der Waals surface area (Å²) in [5.74, 6) is 0.645. The fourth-order valence-electron chi connectivity index (χ4n) is 2.74. The van der Waals surface area contributed by atoms with Gasteiger partial charge in [-0.15, -0.1) is 0 Å². The largest absolute Gasteiger partial charge is 0.497 e. The minimum Gasteiger partial charge on any atom is -0.497 e. The number of ether oxygens (including phenoxy) is 1. The lowest BCUT2D eigenvalue weighted by atomic mass is 10.1. The quantitative estimate of drug-likeness (QED) is 0.730. The van der Waals surface area contributed by atoms with Gasteiger partial charge in [0.1, 0.15) is 5.75 Å². The molecule has 0 aliphatic rings. The van der Waals surface area contributed by atoms with Crippen LogP contribution >= 0.6 is 11.3 Å². The van der Waals surface area contributed by atoms with Crippen LogP contribution in [0.1, 0.15) is 18.1 Å². The number of benzene rings is 2. The van der Waals surface area contributed by atoms with Crippen LogP contribution in [-0.2, 0) is 24.7 Å². The third kappa shape index (κ3) is 3.26. The zero-order valence-electron chi connectivity index (χ0n) is 14.1. The van der Waals surface area contributed by atoms with Crippen molar-refractivity contribution in [2.24, 2.45) is 12.0 Å². The highest BCUT2D eigenvalue weighted by atomic mass is 32.1. The molecule has 1 amide bonds. The first-order valence-electron chi connectivity index (χ1n) is 7.90. The predicted molar refractivity (Wildman–Crippen MR) is 97.4 cm³/mol. The van der Waals surface area contributed by atoms with Crippen LogP contribution in [0.25, 0.3) is 10.2 Å². The Labute approximate surface area is 145 Å². The lowest BCUT2D eigenvalue weighted by molar-refractivity contribution is -0.117. The predicted octanol–water partition coefficient (Wildman–Crippen LogP) is 3.48. The molecule has 0 radical (unpaired) electrons. The van der Waals surface area contributed by atoms with Gasteiger partial charge in [-0.1, -0.05) is 42.5 Å². The number of methoxy groups -OCH3 is 1. The van der Waals surface area contributed by atoms with Gasteiger partial charge in [0.05, 0.1) is 23.7 Å². The number of thiazole rings is 1. The number of nitrogens with zero attached hydrogens (tertiary/aromatic N) is 2. The van der Waals surface area contributed by atoms with E-state index in [1.54, 1.807) is 18.4 Å².